The number of nitrogens with zero attached hydrogens (tertiary/aromatic N) is 2. The van der Waals surface area contributed by atoms with Gasteiger partial charge in [0, 0.05) is 18.5 Å². The highest BCUT2D eigenvalue weighted by molar-refractivity contribution is 6.04. The number of primary amides is 1. The van der Waals surface area contributed by atoms with Crippen molar-refractivity contribution in [2.24, 2.45) is 10.9 Å². The van der Waals surface area contributed by atoms with Crippen LogP contribution in [0.4, 0.5) is 0 Å². The highest BCUT2D eigenvalue weighted by Gasteiger charge is 2.26. The Kier molecular flexibility index (Phi) is 4.71. The van der Waals surface area contributed by atoms with Crippen LogP contribution in [0, 0.1) is 0 Å². The van der Waals surface area contributed by atoms with Crippen LogP contribution in [-0.4, -0.2) is 35.7 Å². The molecule has 0 bridgehead atoms. The fraction of sp³-hybridized carbons (Fsp3) is 0.333. The van der Waals surface area contributed by atoms with E-state index in [-0.39, 0.29) is 0 Å². The molecule has 2 aromatic rings. The van der Waals surface area contributed by atoms with Crippen molar-refractivity contribution in [2.75, 3.05) is 13.1 Å². The summed E-state index contributed by atoms with van der Waals surface area (Å²) in [6.07, 6.45) is 2.40. The Morgan fingerprint density at radius 1 is 1.08 bits per heavy atom. The van der Waals surface area contributed by atoms with E-state index in [4.69, 9.17) is 10.6 Å². The molecule has 5 nitrogen and oxygen atoms in total. The van der Waals surface area contributed by atoms with Gasteiger partial charge in [0.15, 0.2) is 0 Å². The predicted molar refractivity (Wildman–Crippen MR) is 102 cm³/mol. The first-order valence-electron chi connectivity index (χ1n) is 9.13. The second-order valence-electron chi connectivity index (χ2n) is 7.00. The van der Waals surface area contributed by atoms with E-state index < -0.39 is 12.0 Å². The molecule has 2 aromatic carbocycles. The van der Waals surface area contributed by atoms with Crippen molar-refractivity contribution in [2.45, 2.75) is 31.9 Å². The minimum absolute atomic E-state index is 0.424. The zero-order valence-electron chi connectivity index (χ0n) is 14.7. The smallest absolute Gasteiger partial charge is 0.261 e. The van der Waals surface area contributed by atoms with Crippen molar-refractivity contribution in [1.29, 1.82) is 0 Å². The number of amides is 1. The summed E-state index contributed by atoms with van der Waals surface area (Å²) in [6.45, 7) is 3.45. The third-order valence-corrected chi connectivity index (χ3v) is 5.07. The molecule has 2 heterocycles. The molecule has 1 saturated heterocycles. The number of oxime groups is 1. The first-order chi connectivity index (χ1) is 12.7. The molecular formula is C21H23N3O2. The first kappa shape index (κ1) is 16.8. The number of carbonyl (C=O) groups is 1. The molecule has 0 radical (unpaired) electrons. The van der Waals surface area contributed by atoms with Crippen LogP contribution in [0.1, 0.15) is 30.4 Å². The summed E-state index contributed by atoms with van der Waals surface area (Å²) < 4.78 is 0. The summed E-state index contributed by atoms with van der Waals surface area (Å²) >= 11 is 0. The van der Waals surface area contributed by atoms with E-state index in [9.17, 15) is 4.79 Å². The maximum Gasteiger partial charge on any atom is 0.261 e. The number of nitrogens with two attached hydrogens (primary N) is 1. The quantitative estimate of drug-likeness (QED) is 0.902. The Balaban J connectivity index is 1.48. The number of benzene rings is 2. The maximum absolute atomic E-state index is 11.2. The molecule has 0 spiro atoms. The van der Waals surface area contributed by atoms with Gasteiger partial charge in [-0.3, -0.25) is 9.69 Å². The molecule has 4 rings (SSSR count). The van der Waals surface area contributed by atoms with Crippen molar-refractivity contribution in [3.63, 3.8) is 0 Å². The van der Waals surface area contributed by atoms with E-state index in [1.54, 1.807) is 0 Å². The molecular weight excluding hydrogens is 326 g/mol. The number of carbonyl (C=O) groups excluding carboxylic acids is 1. The zero-order chi connectivity index (χ0) is 17.9. The Bertz CT molecular complexity index is 823. The van der Waals surface area contributed by atoms with Gasteiger partial charge in [0.2, 0.25) is 6.10 Å². The van der Waals surface area contributed by atoms with Crippen LogP contribution in [0.25, 0.3) is 11.1 Å². The average molecular weight is 349 g/mol. The molecule has 0 aliphatic carbocycles. The van der Waals surface area contributed by atoms with Crippen molar-refractivity contribution in [1.82, 2.24) is 4.90 Å². The van der Waals surface area contributed by atoms with E-state index in [1.165, 1.54) is 37.1 Å². The van der Waals surface area contributed by atoms with Gasteiger partial charge in [0.25, 0.3) is 5.91 Å². The lowest BCUT2D eigenvalue weighted by atomic mass is 9.98. The van der Waals surface area contributed by atoms with E-state index in [1.807, 2.05) is 12.1 Å². The monoisotopic (exact) mass is 349 g/mol. The Hall–Kier alpha value is -2.66. The molecule has 134 valence electrons. The summed E-state index contributed by atoms with van der Waals surface area (Å²) in [5.74, 6) is -0.478. The molecule has 1 fully saturated rings. The fourth-order valence-electron chi connectivity index (χ4n) is 3.58. The molecule has 5 heteroatoms. The third kappa shape index (κ3) is 3.63. The number of hydrogen-bond donors (Lipinski definition) is 1. The van der Waals surface area contributed by atoms with Gasteiger partial charge in [-0.05, 0) is 48.7 Å². The summed E-state index contributed by atoms with van der Waals surface area (Å²) in [4.78, 5) is 18.9. The zero-order valence-corrected chi connectivity index (χ0v) is 14.7. The molecule has 2 aliphatic rings. The minimum Gasteiger partial charge on any atom is -0.382 e. The van der Waals surface area contributed by atoms with E-state index in [2.05, 4.69) is 46.5 Å². The van der Waals surface area contributed by atoms with Gasteiger partial charge in [0.05, 0.1) is 5.71 Å². The maximum atomic E-state index is 11.2. The summed E-state index contributed by atoms with van der Waals surface area (Å²) in [5.41, 5.74) is 10.7. The predicted octanol–water partition coefficient (Wildman–Crippen LogP) is 2.93. The normalized spacial score (nSPS) is 20.0. The van der Waals surface area contributed by atoms with Crippen LogP contribution in [0.3, 0.4) is 0 Å². The lowest BCUT2D eigenvalue weighted by Crippen LogP contribution is -2.28. The largest absolute Gasteiger partial charge is 0.382 e. The summed E-state index contributed by atoms with van der Waals surface area (Å²) in [7, 11) is 0. The van der Waals surface area contributed by atoms with Gasteiger partial charge in [-0.15, -0.1) is 0 Å². The molecule has 1 amide bonds. The fourth-order valence-corrected chi connectivity index (χ4v) is 3.58. The van der Waals surface area contributed by atoms with Crippen LogP contribution in [0.2, 0.25) is 0 Å². The van der Waals surface area contributed by atoms with E-state index in [0.717, 1.165) is 23.4 Å². The number of hydrogen-bond acceptors (Lipinski definition) is 4. The van der Waals surface area contributed by atoms with Crippen LogP contribution in [0.5, 0.6) is 0 Å². The molecule has 0 aromatic heterocycles. The van der Waals surface area contributed by atoms with Crippen molar-refractivity contribution >= 4 is 11.6 Å². The molecule has 1 atom stereocenters. The second-order valence-corrected chi connectivity index (χ2v) is 7.00. The van der Waals surface area contributed by atoms with Gasteiger partial charge in [-0.1, -0.05) is 47.6 Å². The SMILES string of the molecule is NC(=O)C1CC(c2cccc(-c3ccc(CN4CCCC4)cc3)c2)=NO1. The van der Waals surface area contributed by atoms with Gasteiger partial charge in [-0.2, -0.15) is 0 Å². The molecule has 1 unspecified atom stereocenters. The van der Waals surface area contributed by atoms with Crippen LogP contribution >= 0.6 is 0 Å². The molecule has 26 heavy (non-hydrogen) atoms. The van der Waals surface area contributed by atoms with Gasteiger partial charge >= 0.3 is 0 Å². The minimum atomic E-state index is -0.654. The Morgan fingerprint density at radius 2 is 1.81 bits per heavy atom. The van der Waals surface area contributed by atoms with E-state index >= 15 is 0 Å². The van der Waals surface area contributed by atoms with Gasteiger partial charge in [0.1, 0.15) is 0 Å². The van der Waals surface area contributed by atoms with Crippen LogP contribution < -0.4 is 5.73 Å². The highest BCUT2D eigenvalue weighted by Crippen LogP contribution is 2.24. The van der Waals surface area contributed by atoms with Crippen molar-refractivity contribution < 1.29 is 9.63 Å². The van der Waals surface area contributed by atoms with Crippen molar-refractivity contribution in [3.8, 4) is 11.1 Å². The van der Waals surface area contributed by atoms with Crippen molar-refractivity contribution in [3.05, 3.63) is 59.7 Å². The highest BCUT2D eigenvalue weighted by atomic mass is 16.6. The standard InChI is InChI=1S/C21H23N3O2/c22-21(25)20-13-19(23-26-20)18-5-3-4-17(12-18)16-8-6-15(7-9-16)14-24-10-1-2-11-24/h3-9,12,20H,1-2,10-11,13-14H2,(H2,22,25). The Morgan fingerprint density at radius 3 is 2.50 bits per heavy atom. The van der Waals surface area contributed by atoms with Crippen LogP contribution in [0.15, 0.2) is 53.7 Å². The molecule has 2 N–H and O–H groups in total. The summed E-state index contributed by atoms with van der Waals surface area (Å²) in [5, 5.41) is 4.03. The lowest BCUT2D eigenvalue weighted by molar-refractivity contribution is -0.127. The second kappa shape index (κ2) is 7.30. The lowest BCUT2D eigenvalue weighted by Gasteiger charge is -2.14. The third-order valence-electron chi connectivity index (χ3n) is 5.07. The number of rotatable bonds is 5. The van der Waals surface area contributed by atoms with Gasteiger partial charge < -0.3 is 10.6 Å². The molecule has 0 saturated carbocycles. The Labute approximate surface area is 153 Å². The molecule has 2 aliphatic heterocycles. The topological polar surface area (TPSA) is 67.9 Å². The van der Waals surface area contributed by atoms with Gasteiger partial charge in [-0.25, -0.2) is 0 Å². The number of likely N-dealkylation sites (tertiary alicyclic amines) is 1. The average Bonchev–Trinajstić information content (AvgIpc) is 3.34. The van der Waals surface area contributed by atoms with E-state index in [0.29, 0.717) is 6.42 Å². The van der Waals surface area contributed by atoms with Crippen LogP contribution in [-0.2, 0) is 16.2 Å². The summed E-state index contributed by atoms with van der Waals surface area (Å²) in [6, 6.07) is 16.9. The first-order valence-corrected chi connectivity index (χ1v) is 9.13.